The van der Waals surface area contributed by atoms with Crippen LogP contribution in [0, 0.1) is 0 Å². The van der Waals surface area contributed by atoms with E-state index in [1.165, 1.54) is 12.1 Å². The van der Waals surface area contributed by atoms with Gasteiger partial charge in [0.15, 0.2) is 0 Å². The molecule has 1 atom stereocenters. The smallest absolute Gasteiger partial charge is 0.387 e. The van der Waals surface area contributed by atoms with Crippen molar-refractivity contribution in [2.75, 3.05) is 0 Å². The third-order valence-corrected chi connectivity index (χ3v) is 3.92. The Bertz CT molecular complexity index is 646. The van der Waals surface area contributed by atoms with Crippen LogP contribution in [0.3, 0.4) is 0 Å². The van der Waals surface area contributed by atoms with Gasteiger partial charge in [-0.2, -0.15) is 8.78 Å². The van der Waals surface area contributed by atoms with Crippen LogP contribution >= 0.6 is 11.6 Å². The van der Waals surface area contributed by atoms with E-state index in [-0.39, 0.29) is 5.75 Å². The number of hydrogen-bond acceptors (Lipinski definition) is 2. The van der Waals surface area contributed by atoms with E-state index < -0.39 is 12.0 Å². The predicted octanol–water partition coefficient (Wildman–Crippen LogP) is 4.65. The summed E-state index contributed by atoms with van der Waals surface area (Å²) in [6.45, 7) is -1.63. The number of alkyl halides is 3. The highest BCUT2D eigenvalue weighted by Crippen LogP contribution is 2.33. The van der Waals surface area contributed by atoms with Crippen molar-refractivity contribution in [3.05, 3.63) is 64.7 Å². The average Bonchev–Trinajstić information content (AvgIpc) is 2.93. The van der Waals surface area contributed by atoms with Gasteiger partial charge in [0.25, 0.3) is 0 Å². The van der Waals surface area contributed by atoms with Crippen molar-refractivity contribution in [1.29, 1.82) is 0 Å². The predicted molar refractivity (Wildman–Crippen MR) is 75.7 cm³/mol. The van der Waals surface area contributed by atoms with Crippen molar-refractivity contribution in [3.8, 4) is 5.75 Å². The maximum atomic E-state index is 12.3. The molecule has 1 aliphatic heterocycles. The summed E-state index contributed by atoms with van der Waals surface area (Å²) in [5.74, 6) is 0.109. The van der Waals surface area contributed by atoms with Crippen LogP contribution in [0.1, 0.15) is 27.6 Å². The summed E-state index contributed by atoms with van der Waals surface area (Å²) in [7, 11) is 0. The normalized spacial score (nSPS) is 15.0. The molecule has 0 radical (unpaired) electrons. The van der Waals surface area contributed by atoms with Gasteiger partial charge in [0.05, 0.1) is 18.6 Å². The molecule has 0 saturated heterocycles. The molecule has 21 heavy (non-hydrogen) atoms. The van der Waals surface area contributed by atoms with E-state index in [0.29, 0.717) is 18.8 Å². The van der Waals surface area contributed by atoms with Gasteiger partial charge in [-0.15, -0.1) is 11.6 Å². The fraction of sp³-hybridized carbons (Fsp3) is 0.250. The van der Waals surface area contributed by atoms with Crippen molar-refractivity contribution in [2.45, 2.75) is 25.2 Å². The van der Waals surface area contributed by atoms with Gasteiger partial charge in [0.1, 0.15) is 5.75 Å². The molecular formula is C16H13ClF2O2. The molecule has 0 saturated carbocycles. The summed E-state index contributed by atoms with van der Waals surface area (Å²) >= 11 is 6.46. The van der Waals surface area contributed by atoms with Gasteiger partial charge in [-0.25, -0.2) is 0 Å². The molecule has 0 bridgehead atoms. The van der Waals surface area contributed by atoms with Crippen LogP contribution in [0.5, 0.6) is 5.75 Å². The van der Waals surface area contributed by atoms with E-state index in [1.54, 1.807) is 12.1 Å². The second kappa shape index (κ2) is 6.00. The molecule has 0 spiro atoms. The number of benzene rings is 2. The van der Waals surface area contributed by atoms with E-state index in [9.17, 15) is 8.78 Å². The van der Waals surface area contributed by atoms with Crippen LogP contribution in [0.2, 0.25) is 0 Å². The maximum Gasteiger partial charge on any atom is 0.387 e. The minimum Gasteiger partial charge on any atom is -0.435 e. The first-order chi connectivity index (χ1) is 10.1. The zero-order chi connectivity index (χ0) is 14.8. The largest absolute Gasteiger partial charge is 0.435 e. The molecule has 0 amide bonds. The van der Waals surface area contributed by atoms with E-state index in [4.69, 9.17) is 16.3 Å². The quantitative estimate of drug-likeness (QED) is 0.766. The van der Waals surface area contributed by atoms with Gasteiger partial charge < -0.3 is 9.47 Å². The van der Waals surface area contributed by atoms with Crippen LogP contribution in [-0.2, 0) is 18.0 Å². The standard InChI is InChI=1S/C16H13ClF2O2/c17-15(10-2-1-3-14(7-10)21-16(18)19)11-4-5-12-8-20-9-13(12)6-11/h1-7,15-16H,8-9H2. The summed E-state index contributed by atoms with van der Waals surface area (Å²) in [6, 6.07) is 12.4. The zero-order valence-corrected chi connectivity index (χ0v) is 11.8. The first-order valence-corrected chi connectivity index (χ1v) is 6.95. The molecule has 2 nitrogen and oxygen atoms in total. The zero-order valence-electron chi connectivity index (χ0n) is 11.1. The molecular weight excluding hydrogens is 298 g/mol. The summed E-state index contributed by atoms with van der Waals surface area (Å²) in [6.07, 6.45) is 0. The van der Waals surface area contributed by atoms with Crippen molar-refractivity contribution >= 4 is 11.6 Å². The van der Waals surface area contributed by atoms with Crippen LogP contribution < -0.4 is 4.74 Å². The molecule has 1 aliphatic rings. The molecule has 0 aromatic heterocycles. The third-order valence-electron chi connectivity index (χ3n) is 3.41. The number of fused-ring (bicyclic) bond motifs is 1. The highest BCUT2D eigenvalue weighted by molar-refractivity contribution is 6.22. The fourth-order valence-corrected chi connectivity index (χ4v) is 2.66. The molecule has 1 heterocycles. The Morgan fingerprint density at radius 1 is 1.00 bits per heavy atom. The van der Waals surface area contributed by atoms with Gasteiger partial charge in [-0.3, -0.25) is 0 Å². The molecule has 2 aromatic carbocycles. The molecule has 0 fully saturated rings. The highest BCUT2D eigenvalue weighted by Gasteiger charge is 2.17. The van der Waals surface area contributed by atoms with Crippen LogP contribution in [-0.4, -0.2) is 6.61 Å². The minimum atomic E-state index is -2.84. The van der Waals surface area contributed by atoms with E-state index >= 15 is 0 Å². The fourth-order valence-electron chi connectivity index (χ4n) is 2.39. The summed E-state index contributed by atoms with van der Waals surface area (Å²) < 4.78 is 34.3. The van der Waals surface area contributed by atoms with E-state index in [1.807, 2.05) is 18.2 Å². The Labute approximate surface area is 126 Å². The van der Waals surface area contributed by atoms with E-state index in [0.717, 1.165) is 16.7 Å². The Kier molecular flexibility index (Phi) is 4.08. The van der Waals surface area contributed by atoms with Crippen LogP contribution in [0.4, 0.5) is 8.78 Å². The van der Waals surface area contributed by atoms with Crippen molar-refractivity contribution < 1.29 is 18.3 Å². The van der Waals surface area contributed by atoms with E-state index in [2.05, 4.69) is 4.74 Å². The van der Waals surface area contributed by atoms with Crippen molar-refractivity contribution in [3.63, 3.8) is 0 Å². The molecule has 3 rings (SSSR count). The van der Waals surface area contributed by atoms with Crippen molar-refractivity contribution in [2.24, 2.45) is 0 Å². The lowest BCUT2D eigenvalue weighted by Gasteiger charge is -2.13. The first-order valence-electron chi connectivity index (χ1n) is 6.52. The maximum absolute atomic E-state index is 12.3. The SMILES string of the molecule is FC(F)Oc1cccc(C(Cl)c2ccc3c(c2)COC3)c1. The lowest BCUT2D eigenvalue weighted by Crippen LogP contribution is -2.03. The van der Waals surface area contributed by atoms with Gasteiger partial charge in [-0.1, -0.05) is 30.3 Å². The Morgan fingerprint density at radius 3 is 2.57 bits per heavy atom. The van der Waals surface area contributed by atoms with Crippen LogP contribution in [0.15, 0.2) is 42.5 Å². The number of rotatable bonds is 4. The number of halogens is 3. The molecule has 1 unspecified atom stereocenters. The van der Waals surface area contributed by atoms with Gasteiger partial charge in [-0.05, 0) is 34.4 Å². The van der Waals surface area contributed by atoms with Crippen molar-refractivity contribution in [1.82, 2.24) is 0 Å². The summed E-state index contributed by atoms with van der Waals surface area (Å²) in [5.41, 5.74) is 3.92. The Balaban J connectivity index is 1.86. The molecule has 110 valence electrons. The van der Waals surface area contributed by atoms with Gasteiger partial charge >= 0.3 is 6.61 Å². The van der Waals surface area contributed by atoms with Gasteiger partial charge in [0.2, 0.25) is 0 Å². The lowest BCUT2D eigenvalue weighted by molar-refractivity contribution is -0.0498. The summed E-state index contributed by atoms with van der Waals surface area (Å²) in [5, 5.41) is -0.419. The molecule has 2 aromatic rings. The lowest BCUT2D eigenvalue weighted by atomic mass is 10.00. The Hall–Kier alpha value is -1.65. The second-order valence-corrected chi connectivity index (χ2v) is 5.27. The molecule has 0 aliphatic carbocycles. The third kappa shape index (κ3) is 3.17. The van der Waals surface area contributed by atoms with Crippen LogP contribution in [0.25, 0.3) is 0 Å². The topological polar surface area (TPSA) is 18.5 Å². The average molecular weight is 311 g/mol. The molecule has 5 heteroatoms. The highest BCUT2D eigenvalue weighted by atomic mass is 35.5. The monoisotopic (exact) mass is 310 g/mol. The molecule has 0 N–H and O–H groups in total. The Morgan fingerprint density at radius 2 is 1.76 bits per heavy atom. The second-order valence-electron chi connectivity index (χ2n) is 4.83. The summed E-state index contributed by atoms with van der Waals surface area (Å²) in [4.78, 5) is 0. The minimum absolute atomic E-state index is 0.109. The number of ether oxygens (including phenoxy) is 2. The first kappa shape index (κ1) is 14.3. The van der Waals surface area contributed by atoms with Gasteiger partial charge in [0, 0.05) is 0 Å². The number of hydrogen-bond donors (Lipinski definition) is 0.